The topological polar surface area (TPSA) is 89.9 Å². The van der Waals surface area contributed by atoms with Gasteiger partial charge in [-0.3, -0.25) is 9.59 Å². The van der Waals surface area contributed by atoms with Gasteiger partial charge in [0.1, 0.15) is 6.04 Å². The average Bonchev–Trinajstić information content (AvgIpc) is 2.48. The predicted molar refractivity (Wildman–Crippen MR) is 72.5 cm³/mol. The van der Waals surface area contributed by atoms with Gasteiger partial charge in [0.2, 0.25) is 5.91 Å². The number of amides is 2. The molecule has 108 valence electrons. The number of likely N-dealkylation sites (tertiary alicyclic amines) is 1. The van der Waals surface area contributed by atoms with Crippen molar-refractivity contribution in [1.29, 1.82) is 0 Å². The molecule has 1 saturated heterocycles. The van der Waals surface area contributed by atoms with E-state index < -0.39 is 6.04 Å². The van der Waals surface area contributed by atoms with E-state index in [1.807, 2.05) is 0 Å². The van der Waals surface area contributed by atoms with Crippen LogP contribution in [0.3, 0.4) is 0 Å². The Morgan fingerprint density at radius 3 is 2.65 bits per heavy atom. The molecule has 1 aromatic rings. The van der Waals surface area contributed by atoms with E-state index >= 15 is 0 Å². The minimum Gasteiger partial charge on any atom is -0.504 e. The second kappa shape index (κ2) is 5.81. The molecule has 1 heterocycles. The summed E-state index contributed by atoms with van der Waals surface area (Å²) < 4.78 is 0. The highest BCUT2D eigenvalue weighted by atomic mass is 16.3. The molecule has 0 saturated carbocycles. The number of carbonyl (C=O) groups excluding carboxylic acids is 2. The summed E-state index contributed by atoms with van der Waals surface area (Å²) in [5, 5.41) is 21.3. The first kappa shape index (κ1) is 14.2. The van der Waals surface area contributed by atoms with Gasteiger partial charge < -0.3 is 20.4 Å². The Hall–Kier alpha value is -2.24. The van der Waals surface area contributed by atoms with E-state index in [0.29, 0.717) is 13.0 Å². The largest absolute Gasteiger partial charge is 0.504 e. The fraction of sp³-hybridized carbons (Fsp3) is 0.429. The summed E-state index contributed by atoms with van der Waals surface area (Å²) in [6, 6.07) is 3.44. The molecule has 3 N–H and O–H groups in total. The van der Waals surface area contributed by atoms with Crippen molar-refractivity contribution in [3.63, 3.8) is 0 Å². The van der Waals surface area contributed by atoms with Gasteiger partial charge in [0.05, 0.1) is 0 Å². The molecule has 0 spiro atoms. The standard InChI is InChI=1S/C14H18N2O4/c1-15-13(19)10-4-2-3-7-16(10)14(20)9-5-6-11(17)12(18)8-9/h5-6,8,10,17-18H,2-4,7H2,1H3,(H,15,19). The lowest BCUT2D eigenvalue weighted by molar-refractivity contribution is -0.126. The van der Waals surface area contributed by atoms with E-state index in [9.17, 15) is 19.8 Å². The number of hydrogen-bond acceptors (Lipinski definition) is 4. The van der Waals surface area contributed by atoms with Gasteiger partial charge in [0.25, 0.3) is 5.91 Å². The molecule has 6 nitrogen and oxygen atoms in total. The highest BCUT2D eigenvalue weighted by Gasteiger charge is 2.32. The van der Waals surface area contributed by atoms with Crippen LogP contribution in [0.25, 0.3) is 0 Å². The van der Waals surface area contributed by atoms with Crippen molar-refractivity contribution in [2.45, 2.75) is 25.3 Å². The van der Waals surface area contributed by atoms with Gasteiger partial charge in [0, 0.05) is 19.2 Å². The Balaban J connectivity index is 2.25. The second-order valence-corrected chi connectivity index (χ2v) is 4.83. The fourth-order valence-corrected chi connectivity index (χ4v) is 2.44. The molecule has 0 aliphatic carbocycles. The molecule has 1 fully saturated rings. The number of carbonyl (C=O) groups is 2. The Bertz CT molecular complexity index is 530. The summed E-state index contributed by atoms with van der Waals surface area (Å²) in [5.41, 5.74) is 0.260. The molecule has 0 radical (unpaired) electrons. The lowest BCUT2D eigenvalue weighted by atomic mass is 10.00. The van der Waals surface area contributed by atoms with Crippen LogP contribution in [0.2, 0.25) is 0 Å². The number of nitrogens with zero attached hydrogens (tertiary/aromatic N) is 1. The van der Waals surface area contributed by atoms with Crippen LogP contribution in [0.5, 0.6) is 11.5 Å². The van der Waals surface area contributed by atoms with Crippen LogP contribution in [-0.4, -0.2) is 46.6 Å². The number of nitrogens with one attached hydrogen (secondary N) is 1. The third-order valence-corrected chi connectivity index (χ3v) is 3.54. The number of aromatic hydroxyl groups is 2. The van der Waals surface area contributed by atoms with Gasteiger partial charge in [-0.2, -0.15) is 0 Å². The number of phenols is 2. The summed E-state index contributed by atoms with van der Waals surface area (Å²) in [4.78, 5) is 25.8. The lowest BCUT2D eigenvalue weighted by Gasteiger charge is -2.34. The molecule has 20 heavy (non-hydrogen) atoms. The average molecular weight is 278 g/mol. The number of piperidine rings is 1. The Labute approximate surface area is 117 Å². The first-order valence-corrected chi connectivity index (χ1v) is 6.59. The van der Waals surface area contributed by atoms with Crippen LogP contribution in [-0.2, 0) is 4.79 Å². The van der Waals surface area contributed by atoms with Crippen LogP contribution in [0.4, 0.5) is 0 Å². The maximum Gasteiger partial charge on any atom is 0.254 e. The second-order valence-electron chi connectivity index (χ2n) is 4.83. The molecule has 1 aliphatic heterocycles. The predicted octanol–water partition coefficient (Wildman–Crippen LogP) is 0.838. The molecule has 2 rings (SSSR count). The zero-order valence-corrected chi connectivity index (χ0v) is 11.3. The van der Waals surface area contributed by atoms with Crippen LogP contribution in [0, 0.1) is 0 Å². The molecule has 1 atom stereocenters. The van der Waals surface area contributed by atoms with E-state index in [-0.39, 0.29) is 28.9 Å². The molecule has 1 aromatic carbocycles. The summed E-state index contributed by atoms with van der Waals surface area (Å²) in [6.07, 6.45) is 2.39. The molecule has 0 aromatic heterocycles. The molecular formula is C14H18N2O4. The molecular weight excluding hydrogens is 260 g/mol. The van der Waals surface area contributed by atoms with Crippen molar-refractivity contribution >= 4 is 11.8 Å². The van der Waals surface area contributed by atoms with Gasteiger partial charge >= 0.3 is 0 Å². The molecule has 2 amide bonds. The number of phenolic OH excluding ortho intramolecular Hbond substituents is 2. The van der Waals surface area contributed by atoms with Crippen molar-refractivity contribution in [2.75, 3.05) is 13.6 Å². The SMILES string of the molecule is CNC(=O)C1CCCCN1C(=O)c1ccc(O)c(O)c1. The summed E-state index contributed by atoms with van der Waals surface area (Å²) >= 11 is 0. The van der Waals surface area contributed by atoms with Gasteiger partial charge in [-0.15, -0.1) is 0 Å². The minimum absolute atomic E-state index is 0.180. The van der Waals surface area contributed by atoms with Gasteiger partial charge in [0.15, 0.2) is 11.5 Å². The zero-order valence-electron chi connectivity index (χ0n) is 11.3. The summed E-state index contributed by atoms with van der Waals surface area (Å²) in [7, 11) is 1.55. The number of likely N-dealkylation sites (N-methyl/N-ethyl adjacent to an activating group) is 1. The maximum atomic E-state index is 12.4. The minimum atomic E-state index is -0.475. The third kappa shape index (κ3) is 2.68. The van der Waals surface area contributed by atoms with Crippen LogP contribution in [0.1, 0.15) is 29.6 Å². The number of hydrogen-bond donors (Lipinski definition) is 3. The highest BCUT2D eigenvalue weighted by Crippen LogP contribution is 2.27. The van der Waals surface area contributed by atoms with Crippen molar-refractivity contribution < 1.29 is 19.8 Å². The van der Waals surface area contributed by atoms with E-state index in [1.54, 1.807) is 7.05 Å². The third-order valence-electron chi connectivity index (χ3n) is 3.54. The van der Waals surface area contributed by atoms with Gasteiger partial charge in [-0.1, -0.05) is 0 Å². The number of rotatable bonds is 2. The molecule has 1 aliphatic rings. The Kier molecular flexibility index (Phi) is 4.12. The van der Waals surface area contributed by atoms with Crippen molar-refractivity contribution in [3.8, 4) is 11.5 Å². The first-order chi connectivity index (χ1) is 9.54. The normalized spacial score (nSPS) is 18.6. The quantitative estimate of drug-likeness (QED) is 0.699. The molecule has 0 bridgehead atoms. The van der Waals surface area contributed by atoms with E-state index in [4.69, 9.17) is 0 Å². The van der Waals surface area contributed by atoms with E-state index in [1.165, 1.54) is 23.1 Å². The van der Waals surface area contributed by atoms with Crippen molar-refractivity contribution in [3.05, 3.63) is 23.8 Å². The Morgan fingerprint density at radius 2 is 2.00 bits per heavy atom. The Morgan fingerprint density at radius 1 is 1.25 bits per heavy atom. The highest BCUT2D eigenvalue weighted by molar-refractivity contribution is 5.98. The zero-order chi connectivity index (χ0) is 14.7. The smallest absolute Gasteiger partial charge is 0.254 e. The van der Waals surface area contributed by atoms with Gasteiger partial charge in [-0.05, 0) is 37.5 Å². The first-order valence-electron chi connectivity index (χ1n) is 6.59. The molecule has 1 unspecified atom stereocenters. The van der Waals surface area contributed by atoms with Crippen LogP contribution in [0.15, 0.2) is 18.2 Å². The van der Waals surface area contributed by atoms with E-state index in [2.05, 4.69) is 5.32 Å². The lowest BCUT2D eigenvalue weighted by Crippen LogP contribution is -2.51. The van der Waals surface area contributed by atoms with Crippen LogP contribution < -0.4 is 5.32 Å². The summed E-state index contributed by atoms with van der Waals surface area (Å²) in [5.74, 6) is -1.11. The molecule has 6 heteroatoms. The van der Waals surface area contributed by atoms with E-state index in [0.717, 1.165) is 12.8 Å². The maximum absolute atomic E-state index is 12.4. The number of benzene rings is 1. The monoisotopic (exact) mass is 278 g/mol. The van der Waals surface area contributed by atoms with Crippen molar-refractivity contribution in [1.82, 2.24) is 10.2 Å². The summed E-state index contributed by atoms with van der Waals surface area (Å²) in [6.45, 7) is 0.512. The van der Waals surface area contributed by atoms with Crippen LogP contribution >= 0.6 is 0 Å². The van der Waals surface area contributed by atoms with Gasteiger partial charge in [-0.25, -0.2) is 0 Å². The van der Waals surface area contributed by atoms with Crippen molar-refractivity contribution in [2.24, 2.45) is 0 Å². The fourth-order valence-electron chi connectivity index (χ4n) is 2.44.